The van der Waals surface area contributed by atoms with E-state index in [2.05, 4.69) is 29.9 Å². The maximum Gasteiger partial charge on any atom is 0.698 e. The Morgan fingerprint density at radius 2 is 1.49 bits per heavy atom. The third-order valence-corrected chi connectivity index (χ3v) is 8.57. The summed E-state index contributed by atoms with van der Waals surface area (Å²) in [4.78, 5) is 34.4. The number of hydrogen-bond donors (Lipinski definition) is 3. The Balaban J connectivity index is 1.16. The van der Waals surface area contributed by atoms with Crippen LogP contribution in [0.4, 0.5) is 20.5 Å². The molecule has 5 N–H and O–H groups in total. The average Bonchev–Trinajstić information content (AvgIpc) is 3.72. The van der Waals surface area contributed by atoms with Crippen molar-refractivity contribution in [2.75, 3.05) is 24.7 Å². The highest BCUT2D eigenvalue weighted by atomic mass is 31.1. The topological polar surface area (TPSA) is 249 Å². The Morgan fingerprint density at radius 1 is 0.837 bits per heavy atom. The van der Waals surface area contributed by atoms with Crippen LogP contribution in [0.15, 0.2) is 23.8 Å². The molecule has 3 aliphatic heterocycles. The number of nitrogens with two attached hydrogens (primary N) is 2. The zero-order valence-electron chi connectivity index (χ0n) is 21.4. The van der Waals surface area contributed by atoms with E-state index >= 15 is 8.78 Å². The summed E-state index contributed by atoms with van der Waals surface area (Å²) in [5.74, 6) is -0.187. The second-order valence-corrected chi connectivity index (χ2v) is 11.4. The van der Waals surface area contributed by atoms with E-state index < -0.39 is 84.5 Å². The molecule has 3 fully saturated rings. The van der Waals surface area contributed by atoms with Gasteiger partial charge in [-0.05, 0) is 0 Å². The third-order valence-electron chi connectivity index (χ3n) is 7.02. The van der Waals surface area contributed by atoms with Crippen LogP contribution in [0.5, 0.6) is 0 Å². The van der Waals surface area contributed by atoms with Crippen LogP contribution in [-0.2, 0) is 36.7 Å². The lowest BCUT2D eigenvalue weighted by molar-refractivity contribution is -0.0553. The number of ether oxygens (including phenoxy) is 2. The van der Waals surface area contributed by atoms with E-state index in [0.717, 1.165) is 10.9 Å². The first-order valence-corrected chi connectivity index (χ1v) is 14.7. The maximum absolute atomic E-state index is 15.8. The van der Waals surface area contributed by atoms with Crippen molar-refractivity contribution in [2.45, 2.75) is 49.2 Å². The van der Waals surface area contributed by atoms with Crippen LogP contribution < -0.4 is 17.0 Å². The van der Waals surface area contributed by atoms with E-state index in [1.165, 1.54) is 17.2 Å². The Bertz CT molecular complexity index is 1810. The summed E-state index contributed by atoms with van der Waals surface area (Å²) in [5, 5.41) is 0. The molecule has 19 nitrogen and oxygen atoms in total. The van der Waals surface area contributed by atoms with E-state index in [0.29, 0.717) is 0 Å². The van der Waals surface area contributed by atoms with Gasteiger partial charge in [-0.1, -0.05) is 0 Å². The zero-order valence-corrected chi connectivity index (χ0v) is 23.2. The van der Waals surface area contributed by atoms with Crippen molar-refractivity contribution in [3.05, 3.63) is 29.3 Å². The standard InChI is InChI=1S/C20H19F2N10O9P2/c21-8-6-1-36-42(34)40-12-7(39-18(9(12)22)32-5-28-11-16(32)29-20(24)30-17(11)33)2-37-43(35)41-13(8)19(38-6)31-4-27-10-14(23)25-3-26-15(10)31/h3-9,12-13,18-19H,1-2H2,(H4-,23,24,25,26,29,30,33)/q+1/p+1. The van der Waals surface area contributed by atoms with Gasteiger partial charge in [-0.3, -0.25) is 18.9 Å². The molecule has 0 saturated carbocycles. The molecule has 10 atom stereocenters. The zero-order chi connectivity index (χ0) is 30.0. The van der Waals surface area contributed by atoms with Gasteiger partial charge in [0.15, 0.2) is 59.6 Å². The molecule has 4 aromatic rings. The van der Waals surface area contributed by atoms with Gasteiger partial charge >= 0.3 is 16.5 Å². The fourth-order valence-corrected chi connectivity index (χ4v) is 6.59. The van der Waals surface area contributed by atoms with Crippen molar-refractivity contribution in [2.24, 2.45) is 0 Å². The van der Waals surface area contributed by atoms with Crippen LogP contribution in [0.3, 0.4) is 0 Å². The van der Waals surface area contributed by atoms with Crippen LogP contribution >= 0.6 is 16.5 Å². The molecule has 0 aromatic carbocycles. The smallest absolute Gasteiger partial charge is 0.382 e. The Hall–Kier alpha value is -3.68. The van der Waals surface area contributed by atoms with E-state index in [1.807, 2.05) is 0 Å². The lowest BCUT2D eigenvalue weighted by Crippen LogP contribution is -2.33. The third kappa shape index (κ3) is 4.83. The number of fused-ring (bicyclic) bond motifs is 5. The number of nitrogens with one attached hydrogen (secondary N) is 1. The fraction of sp³-hybridized carbons (Fsp3) is 0.500. The summed E-state index contributed by atoms with van der Waals surface area (Å²) in [7, 11) is -6.13. The van der Waals surface area contributed by atoms with Crippen molar-refractivity contribution in [3.63, 3.8) is 0 Å². The first-order valence-electron chi connectivity index (χ1n) is 12.5. The maximum atomic E-state index is 15.8. The first kappa shape index (κ1) is 28.1. The second kappa shape index (κ2) is 10.8. The molecule has 43 heavy (non-hydrogen) atoms. The molecule has 0 aliphatic carbocycles. The number of hydrogen-bond acceptors (Lipinski definition) is 16. The number of anilines is 2. The Kier molecular flexibility index (Phi) is 7.06. The lowest BCUT2D eigenvalue weighted by Gasteiger charge is -2.16. The molecule has 0 radical (unpaired) electrons. The highest BCUT2D eigenvalue weighted by Gasteiger charge is 2.57. The fourth-order valence-electron chi connectivity index (χ4n) is 5.06. The van der Waals surface area contributed by atoms with Crippen LogP contribution in [-0.4, -0.2) is 89.0 Å². The normalized spacial score (nSPS) is 33.7. The number of imidazole rings is 2. The number of H-pyrrole nitrogens is 1. The quantitative estimate of drug-likeness (QED) is 0.254. The second-order valence-electron chi connectivity index (χ2n) is 9.56. The van der Waals surface area contributed by atoms with Crippen molar-refractivity contribution in [1.29, 1.82) is 0 Å². The highest BCUT2D eigenvalue weighted by Crippen LogP contribution is 2.45. The van der Waals surface area contributed by atoms with Gasteiger partial charge in [-0.2, -0.15) is 4.98 Å². The van der Waals surface area contributed by atoms with Gasteiger partial charge in [-0.25, -0.2) is 28.7 Å². The predicted molar refractivity (Wildman–Crippen MR) is 137 cm³/mol. The summed E-state index contributed by atoms with van der Waals surface area (Å²) in [5.41, 5.74) is 11.0. The summed E-state index contributed by atoms with van der Waals surface area (Å²) in [6, 6.07) is 0. The van der Waals surface area contributed by atoms with Gasteiger partial charge in [-0.15, -0.1) is 18.1 Å². The average molecular weight is 644 g/mol. The molecule has 0 spiro atoms. The molecule has 3 saturated heterocycles. The van der Waals surface area contributed by atoms with Crippen molar-refractivity contribution in [1.82, 2.24) is 39.0 Å². The molecule has 0 amide bonds. The minimum Gasteiger partial charge on any atom is -0.382 e. The van der Waals surface area contributed by atoms with E-state index in [-0.39, 0.29) is 34.1 Å². The molecule has 3 aliphatic rings. The van der Waals surface area contributed by atoms with Crippen molar-refractivity contribution >= 4 is 50.6 Å². The summed E-state index contributed by atoms with van der Waals surface area (Å²) in [6.45, 7) is -1.23. The molecular weight excluding hydrogens is 624 g/mol. The van der Waals surface area contributed by atoms with E-state index in [9.17, 15) is 13.9 Å². The van der Waals surface area contributed by atoms with Crippen LogP contribution in [0, 0.1) is 0 Å². The molecule has 7 heterocycles. The van der Waals surface area contributed by atoms with Gasteiger partial charge in [0.25, 0.3) is 5.56 Å². The number of nitrogen functional groups attached to an aromatic ring is 2. The number of aromatic nitrogens is 8. The summed E-state index contributed by atoms with van der Waals surface area (Å²) >= 11 is 0. The van der Waals surface area contributed by atoms with Gasteiger partial charge in [0.05, 0.1) is 12.7 Å². The van der Waals surface area contributed by atoms with E-state index in [4.69, 9.17) is 39.0 Å². The monoisotopic (exact) mass is 644 g/mol. The van der Waals surface area contributed by atoms with Crippen molar-refractivity contribution < 1.29 is 45.5 Å². The molecule has 2 bridgehead atoms. The van der Waals surface area contributed by atoms with Gasteiger partial charge in [0, 0.05) is 9.13 Å². The van der Waals surface area contributed by atoms with Gasteiger partial charge in [0.1, 0.15) is 37.3 Å². The number of rotatable bonds is 2. The van der Waals surface area contributed by atoms with Crippen LogP contribution in [0.25, 0.3) is 22.3 Å². The number of aromatic amines is 1. The minimum absolute atomic E-state index is 0.0620. The summed E-state index contributed by atoms with van der Waals surface area (Å²) in [6.07, 6.45) is -9.10. The molecular formula is C20H20F2N10O9P2+2. The van der Waals surface area contributed by atoms with Crippen LogP contribution in [0.1, 0.15) is 12.5 Å². The first-order chi connectivity index (χ1) is 20.7. The molecule has 4 aromatic heterocycles. The number of alkyl halides is 2. The molecule has 23 heteroatoms. The van der Waals surface area contributed by atoms with E-state index in [1.54, 1.807) is 0 Å². The summed E-state index contributed by atoms with van der Waals surface area (Å²) < 4.78 is 92.2. The highest BCUT2D eigenvalue weighted by molar-refractivity contribution is 7.33. The van der Waals surface area contributed by atoms with Crippen molar-refractivity contribution in [3.8, 4) is 0 Å². The van der Waals surface area contributed by atoms with Gasteiger partial charge < -0.3 is 20.9 Å². The minimum atomic E-state index is -3.07. The van der Waals surface area contributed by atoms with Gasteiger partial charge in [0.2, 0.25) is 5.95 Å². The number of halogens is 2. The van der Waals surface area contributed by atoms with Crippen LogP contribution in [0.2, 0.25) is 0 Å². The lowest BCUT2D eigenvalue weighted by atomic mass is 10.1. The Labute approximate surface area is 238 Å². The largest absolute Gasteiger partial charge is 0.698 e. The predicted octanol–water partition coefficient (Wildman–Crippen LogP) is 0.727. The molecule has 10 unspecified atom stereocenters. The molecule has 7 rings (SSSR count). The Morgan fingerprint density at radius 3 is 2.26 bits per heavy atom. The SMILES string of the molecule is Nc1nc2c(ncn2C2OC3CO[P+](=O)OC4C(F)C(CO[P+](=O)OC3C2F)OC4n2cnc3c(N)ncnc32)c(=O)[nH]1. The number of nitrogens with zero attached hydrogens (tertiary/aromatic N) is 7. The molecule has 226 valence electrons.